The van der Waals surface area contributed by atoms with Gasteiger partial charge >= 0.3 is 0 Å². The SMILES string of the molecule is O=C(c1ccccc1)c1c[c][nH]c1. The zero-order chi connectivity index (χ0) is 9.10. The quantitative estimate of drug-likeness (QED) is 0.687. The molecule has 0 atom stereocenters. The van der Waals surface area contributed by atoms with Crippen molar-refractivity contribution in [3.05, 3.63) is 59.9 Å². The number of carbonyl (C=O) groups is 1. The lowest BCUT2D eigenvalue weighted by molar-refractivity contribution is 0.103. The Kier molecular flexibility index (Phi) is 1.96. The maximum Gasteiger partial charge on any atom is 0.194 e. The molecule has 2 aromatic rings. The summed E-state index contributed by atoms with van der Waals surface area (Å²) in [6, 6.07) is 10.8. The maximum atomic E-state index is 11.7. The second-order valence-corrected chi connectivity index (χ2v) is 2.73. The minimum atomic E-state index is 0.0260. The van der Waals surface area contributed by atoms with Crippen LogP contribution in [0.1, 0.15) is 15.9 Å². The Morgan fingerprint density at radius 2 is 1.92 bits per heavy atom. The Hall–Kier alpha value is -1.83. The van der Waals surface area contributed by atoms with E-state index in [0.29, 0.717) is 11.1 Å². The average Bonchev–Trinajstić information content (AvgIpc) is 2.71. The number of hydrogen-bond acceptors (Lipinski definition) is 1. The highest BCUT2D eigenvalue weighted by molar-refractivity contribution is 6.08. The van der Waals surface area contributed by atoms with Crippen LogP contribution in [-0.2, 0) is 0 Å². The summed E-state index contributed by atoms with van der Waals surface area (Å²) in [5.41, 5.74) is 1.35. The van der Waals surface area contributed by atoms with Crippen LogP contribution in [0, 0.1) is 6.20 Å². The molecule has 63 valence electrons. The minimum absolute atomic E-state index is 0.0260. The summed E-state index contributed by atoms with van der Waals surface area (Å²) in [4.78, 5) is 14.4. The molecule has 2 heteroatoms. The van der Waals surface area contributed by atoms with Gasteiger partial charge in [0.2, 0.25) is 0 Å². The van der Waals surface area contributed by atoms with Crippen LogP contribution in [0.15, 0.2) is 42.6 Å². The van der Waals surface area contributed by atoms with Gasteiger partial charge < -0.3 is 4.98 Å². The highest BCUT2D eigenvalue weighted by Gasteiger charge is 2.07. The van der Waals surface area contributed by atoms with E-state index in [9.17, 15) is 4.79 Å². The number of rotatable bonds is 2. The molecule has 1 N–H and O–H groups in total. The van der Waals surface area contributed by atoms with E-state index in [2.05, 4.69) is 11.2 Å². The van der Waals surface area contributed by atoms with E-state index in [1.807, 2.05) is 18.2 Å². The fraction of sp³-hybridized carbons (Fsp3) is 0. The highest BCUT2D eigenvalue weighted by Crippen LogP contribution is 2.07. The van der Waals surface area contributed by atoms with Gasteiger partial charge in [0, 0.05) is 17.3 Å². The molecule has 0 aliphatic carbocycles. The summed E-state index contributed by atoms with van der Waals surface area (Å²) in [7, 11) is 0. The predicted octanol–water partition coefficient (Wildman–Crippen LogP) is 2.05. The first kappa shape index (κ1) is 7.80. The fourth-order valence-corrected chi connectivity index (χ4v) is 1.17. The topological polar surface area (TPSA) is 32.9 Å². The number of H-pyrrole nitrogens is 1. The number of aromatic nitrogens is 1. The minimum Gasteiger partial charge on any atom is -0.359 e. The van der Waals surface area contributed by atoms with Crippen LogP contribution < -0.4 is 0 Å². The van der Waals surface area contributed by atoms with E-state index in [4.69, 9.17) is 0 Å². The van der Waals surface area contributed by atoms with E-state index in [1.165, 1.54) is 0 Å². The van der Waals surface area contributed by atoms with Gasteiger partial charge in [0.1, 0.15) is 0 Å². The molecule has 0 saturated carbocycles. The molecule has 1 heterocycles. The van der Waals surface area contributed by atoms with Gasteiger partial charge in [-0.3, -0.25) is 4.79 Å². The van der Waals surface area contributed by atoms with Crippen molar-refractivity contribution in [2.45, 2.75) is 0 Å². The van der Waals surface area contributed by atoms with Crippen molar-refractivity contribution in [3.8, 4) is 0 Å². The van der Waals surface area contributed by atoms with Crippen molar-refractivity contribution < 1.29 is 4.79 Å². The highest BCUT2D eigenvalue weighted by atomic mass is 16.1. The van der Waals surface area contributed by atoms with Crippen LogP contribution in [0.5, 0.6) is 0 Å². The van der Waals surface area contributed by atoms with Crippen molar-refractivity contribution in [1.29, 1.82) is 0 Å². The number of carbonyl (C=O) groups excluding carboxylic acids is 1. The molecule has 0 bridgehead atoms. The molecule has 2 rings (SSSR count). The van der Waals surface area contributed by atoms with Gasteiger partial charge in [-0.05, 0) is 6.07 Å². The zero-order valence-electron chi connectivity index (χ0n) is 6.95. The molecule has 0 amide bonds. The number of nitrogens with one attached hydrogen (secondary N) is 1. The first-order valence-corrected chi connectivity index (χ1v) is 4.02. The van der Waals surface area contributed by atoms with Crippen LogP contribution in [0.3, 0.4) is 0 Å². The van der Waals surface area contributed by atoms with Gasteiger partial charge in [-0.2, -0.15) is 0 Å². The monoisotopic (exact) mass is 170 g/mol. The van der Waals surface area contributed by atoms with Crippen LogP contribution in [0.25, 0.3) is 0 Å². The van der Waals surface area contributed by atoms with E-state index in [1.54, 1.807) is 24.4 Å². The van der Waals surface area contributed by atoms with Gasteiger partial charge in [0.25, 0.3) is 0 Å². The van der Waals surface area contributed by atoms with E-state index >= 15 is 0 Å². The molecular weight excluding hydrogens is 162 g/mol. The van der Waals surface area contributed by atoms with Crippen molar-refractivity contribution in [2.24, 2.45) is 0 Å². The second-order valence-electron chi connectivity index (χ2n) is 2.73. The Morgan fingerprint density at radius 3 is 2.54 bits per heavy atom. The lowest BCUT2D eigenvalue weighted by Gasteiger charge is -1.95. The smallest absolute Gasteiger partial charge is 0.194 e. The summed E-state index contributed by atoms with van der Waals surface area (Å²) in [5, 5.41) is 0. The van der Waals surface area contributed by atoms with E-state index in [0.717, 1.165) is 0 Å². The summed E-state index contributed by atoms with van der Waals surface area (Å²) >= 11 is 0. The lowest BCUT2D eigenvalue weighted by Crippen LogP contribution is -1.98. The van der Waals surface area contributed by atoms with Crippen molar-refractivity contribution >= 4 is 5.78 Å². The normalized spacial score (nSPS) is 9.85. The average molecular weight is 170 g/mol. The second kappa shape index (κ2) is 3.27. The third kappa shape index (κ3) is 1.51. The van der Waals surface area contributed by atoms with Crippen LogP contribution >= 0.6 is 0 Å². The molecule has 1 radical (unpaired) electrons. The zero-order valence-corrected chi connectivity index (χ0v) is 6.95. The predicted molar refractivity (Wildman–Crippen MR) is 49.5 cm³/mol. The summed E-state index contributed by atoms with van der Waals surface area (Å²) < 4.78 is 0. The number of benzene rings is 1. The lowest BCUT2D eigenvalue weighted by atomic mass is 10.1. The maximum absolute atomic E-state index is 11.7. The molecule has 0 aliphatic heterocycles. The van der Waals surface area contributed by atoms with Crippen molar-refractivity contribution in [3.63, 3.8) is 0 Å². The van der Waals surface area contributed by atoms with Crippen molar-refractivity contribution in [1.82, 2.24) is 4.98 Å². The van der Waals surface area contributed by atoms with E-state index < -0.39 is 0 Å². The summed E-state index contributed by atoms with van der Waals surface area (Å²) in [5.74, 6) is 0.0260. The van der Waals surface area contributed by atoms with Gasteiger partial charge in [0.15, 0.2) is 5.78 Å². The molecule has 1 aromatic heterocycles. The van der Waals surface area contributed by atoms with Crippen LogP contribution in [0.4, 0.5) is 0 Å². The molecule has 0 saturated heterocycles. The van der Waals surface area contributed by atoms with E-state index in [-0.39, 0.29) is 5.78 Å². The third-order valence-corrected chi connectivity index (χ3v) is 1.84. The Balaban J connectivity index is 2.34. The number of ketones is 1. The van der Waals surface area contributed by atoms with Gasteiger partial charge in [0.05, 0.1) is 6.20 Å². The molecular formula is C11H8NO. The largest absolute Gasteiger partial charge is 0.359 e. The molecule has 0 spiro atoms. The molecule has 0 fully saturated rings. The summed E-state index contributed by atoms with van der Waals surface area (Å²) in [6.45, 7) is 0. The third-order valence-electron chi connectivity index (χ3n) is 1.84. The Morgan fingerprint density at radius 1 is 1.15 bits per heavy atom. The first-order chi connectivity index (χ1) is 6.38. The number of hydrogen-bond donors (Lipinski definition) is 1. The van der Waals surface area contributed by atoms with Crippen molar-refractivity contribution in [2.75, 3.05) is 0 Å². The Bertz CT molecular complexity index is 389. The first-order valence-electron chi connectivity index (χ1n) is 4.02. The summed E-state index contributed by atoms with van der Waals surface area (Å²) in [6.07, 6.45) is 4.38. The van der Waals surface area contributed by atoms with Crippen LogP contribution in [0.2, 0.25) is 0 Å². The van der Waals surface area contributed by atoms with Gasteiger partial charge in [-0.1, -0.05) is 30.3 Å². The van der Waals surface area contributed by atoms with Crippen LogP contribution in [-0.4, -0.2) is 10.8 Å². The van der Waals surface area contributed by atoms with Gasteiger partial charge in [-0.15, -0.1) is 0 Å². The molecule has 1 aromatic carbocycles. The molecule has 0 unspecified atom stereocenters. The molecule has 2 nitrogen and oxygen atoms in total. The standard InChI is InChI=1S/C11H8NO/c13-11(10-6-7-12-8-10)9-4-2-1-3-5-9/h1-6,8,12H. The molecule has 13 heavy (non-hydrogen) atoms. The Labute approximate surface area is 76.2 Å². The van der Waals surface area contributed by atoms with Gasteiger partial charge in [-0.25, -0.2) is 0 Å². The fourth-order valence-electron chi connectivity index (χ4n) is 1.17. The molecule has 0 aliphatic rings. The number of aromatic amines is 1.